The number of rotatable bonds is 7. The van der Waals surface area contributed by atoms with E-state index in [1.54, 1.807) is 0 Å². The maximum absolute atomic E-state index is 5.54. The molecule has 1 aliphatic rings. The van der Waals surface area contributed by atoms with Gasteiger partial charge in [-0.25, -0.2) is 0 Å². The predicted octanol–water partition coefficient (Wildman–Crippen LogP) is 2.56. The van der Waals surface area contributed by atoms with Crippen LogP contribution in [-0.2, 0) is 25.9 Å². The zero-order chi connectivity index (χ0) is 14.5. The molecule has 2 aromatic rings. The fraction of sp³-hybridized carbons (Fsp3) is 0.471. The zero-order valence-electron chi connectivity index (χ0n) is 12.6. The highest BCUT2D eigenvalue weighted by Crippen LogP contribution is 2.26. The van der Waals surface area contributed by atoms with E-state index in [2.05, 4.69) is 47.8 Å². The molecule has 1 N–H and O–H groups in total. The normalized spacial score (nSPS) is 13.2. The van der Waals surface area contributed by atoms with Gasteiger partial charge in [-0.15, -0.1) is 0 Å². The van der Waals surface area contributed by atoms with E-state index in [9.17, 15) is 0 Å². The van der Waals surface area contributed by atoms with Crippen LogP contribution in [0.1, 0.15) is 30.2 Å². The first kappa shape index (κ1) is 14.1. The van der Waals surface area contributed by atoms with Gasteiger partial charge in [0, 0.05) is 25.7 Å². The van der Waals surface area contributed by atoms with Crippen LogP contribution in [-0.4, -0.2) is 22.9 Å². The van der Waals surface area contributed by atoms with E-state index in [1.165, 1.54) is 11.1 Å². The van der Waals surface area contributed by atoms with E-state index in [0.29, 0.717) is 0 Å². The van der Waals surface area contributed by atoms with Crippen LogP contribution in [0.2, 0.25) is 0 Å². The molecule has 2 heterocycles. The fourth-order valence-electron chi connectivity index (χ4n) is 2.65. The Morgan fingerprint density at radius 2 is 2.29 bits per heavy atom. The van der Waals surface area contributed by atoms with Crippen LogP contribution >= 0.6 is 0 Å². The van der Waals surface area contributed by atoms with Crippen molar-refractivity contribution >= 4 is 0 Å². The molecule has 4 heteroatoms. The van der Waals surface area contributed by atoms with Gasteiger partial charge in [-0.3, -0.25) is 4.68 Å². The fourth-order valence-corrected chi connectivity index (χ4v) is 2.65. The number of hydrogen-bond acceptors (Lipinski definition) is 3. The molecule has 0 aliphatic carbocycles. The van der Waals surface area contributed by atoms with Gasteiger partial charge in [0.15, 0.2) is 0 Å². The van der Waals surface area contributed by atoms with Crippen molar-refractivity contribution in [1.29, 1.82) is 0 Å². The van der Waals surface area contributed by atoms with E-state index in [4.69, 9.17) is 4.74 Å². The lowest BCUT2D eigenvalue weighted by Crippen LogP contribution is -2.14. The van der Waals surface area contributed by atoms with Gasteiger partial charge >= 0.3 is 0 Å². The van der Waals surface area contributed by atoms with Crippen LogP contribution in [0.25, 0.3) is 0 Å². The Morgan fingerprint density at radius 3 is 3.19 bits per heavy atom. The van der Waals surface area contributed by atoms with Crippen molar-refractivity contribution in [3.05, 3.63) is 47.3 Å². The summed E-state index contributed by atoms with van der Waals surface area (Å²) in [4.78, 5) is 0. The van der Waals surface area contributed by atoms with Crippen molar-refractivity contribution in [3.8, 4) is 5.75 Å². The molecule has 0 bridgehead atoms. The summed E-state index contributed by atoms with van der Waals surface area (Å²) in [6.45, 7) is 5.83. The zero-order valence-corrected chi connectivity index (χ0v) is 12.6. The largest absolute Gasteiger partial charge is 0.493 e. The van der Waals surface area contributed by atoms with Crippen molar-refractivity contribution in [2.75, 3.05) is 13.2 Å². The average molecular weight is 285 g/mol. The molecular weight excluding hydrogens is 262 g/mol. The molecule has 0 radical (unpaired) electrons. The topological polar surface area (TPSA) is 39.1 Å². The van der Waals surface area contributed by atoms with Gasteiger partial charge in [-0.1, -0.05) is 19.1 Å². The van der Waals surface area contributed by atoms with Crippen molar-refractivity contribution in [3.63, 3.8) is 0 Å². The number of fused-ring (bicyclic) bond motifs is 1. The average Bonchev–Trinajstić information content (AvgIpc) is 3.13. The quantitative estimate of drug-likeness (QED) is 0.795. The summed E-state index contributed by atoms with van der Waals surface area (Å²) in [6.07, 6.45) is 5.27. The smallest absolute Gasteiger partial charge is 0.122 e. The lowest BCUT2D eigenvalue weighted by atomic mass is 10.1. The summed E-state index contributed by atoms with van der Waals surface area (Å²) in [6, 6.07) is 8.63. The number of ether oxygens (including phenoxy) is 1. The van der Waals surface area contributed by atoms with Gasteiger partial charge < -0.3 is 10.1 Å². The van der Waals surface area contributed by atoms with Crippen molar-refractivity contribution in [2.24, 2.45) is 0 Å². The highest BCUT2D eigenvalue weighted by molar-refractivity contribution is 5.39. The number of aromatic nitrogens is 2. The van der Waals surface area contributed by atoms with Crippen LogP contribution in [0.3, 0.4) is 0 Å². The Morgan fingerprint density at radius 1 is 1.33 bits per heavy atom. The summed E-state index contributed by atoms with van der Waals surface area (Å²) in [5, 5.41) is 7.98. The molecule has 0 saturated carbocycles. The maximum Gasteiger partial charge on any atom is 0.122 e. The third-order valence-corrected chi connectivity index (χ3v) is 3.81. The molecule has 1 aromatic carbocycles. The molecule has 0 fully saturated rings. The summed E-state index contributed by atoms with van der Waals surface area (Å²) in [7, 11) is 0. The van der Waals surface area contributed by atoms with Gasteiger partial charge in [0.2, 0.25) is 0 Å². The van der Waals surface area contributed by atoms with Crippen molar-refractivity contribution < 1.29 is 4.74 Å². The van der Waals surface area contributed by atoms with Gasteiger partial charge in [-0.2, -0.15) is 5.10 Å². The van der Waals surface area contributed by atoms with E-state index in [-0.39, 0.29) is 0 Å². The monoisotopic (exact) mass is 285 g/mol. The molecular formula is C17H23N3O. The molecule has 0 spiro atoms. The lowest BCUT2D eigenvalue weighted by Gasteiger charge is -2.05. The molecule has 112 valence electrons. The Labute approximate surface area is 126 Å². The third-order valence-electron chi connectivity index (χ3n) is 3.81. The number of nitrogens with one attached hydrogen (secondary N) is 1. The van der Waals surface area contributed by atoms with E-state index >= 15 is 0 Å². The molecule has 0 saturated heterocycles. The minimum atomic E-state index is 0.825. The van der Waals surface area contributed by atoms with Gasteiger partial charge in [0.25, 0.3) is 0 Å². The summed E-state index contributed by atoms with van der Waals surface area (Å²) < 4.78 is 7.58. The summed E-state index contributed by atoms with van der Waals surface area (Å²) in [5.41, 5.74) is 3.82. The first-order valence-corrected chi connectivity index (χ1v) is 7.83. The second-order valence-corrected chi connectivity index (χ2v) is 5.54. The van der Waals surface area contributed by atoms with E-state index < -0.39 is 0 Å². The first-order chi connectivity index (χ1) is 10.3. The molecule has 1 aliphatic heterocycles. The third kappa shape index (κ3) is 3.64. The Hall–Kier alpha value is -1.81. The van der Waals surface area contributed by atoms with Crippen LogP contribution in [0.15, 0.2) is 30.5 Å². The second-order valence-electron chi connectivity index (χ2n) is 5.54. The van der Waals surface area contributed by atoms with Gasteiger partial charge in [0.1, 0.15) is 5.75 Å². The second kappa shape index (κ2) is 6.76. The summed E-state index contributed by atoms with van der Waals surface area (Å²) >= 11 is 0. The minimum Gasteiger partial charge on any atom is -0.493 e. The highest BCUT2D eigenvalue weighted by atomic mass is 16.5. The van der Waals surface area contributed by atoms with E-state index in [1.807, 2.05) is 4.68 Å². The van der Waals surface area contributed by atoms with E-state index in [0.717, 1.165) is 56.9 Å². The molecule has 3 rings (SSSR count). The molecule has 0 amide bonds. The first-order valence-electron chi connectivity index (χ1n) is 7.83. The van der Waals surface area contributed by atoms with Crippen LogP contribution in [0.4, 0.5) is 0 Å². The molecule has 0 atom stereocenters. The standard InChI is InChI=1S/C17H23N3O/c1-2-8-18-13-16-6-10-20(19-16)9-5-14-3-4-17-15(12-14)7-11-21-17/h3-4,6,10,12,18H,2,5,7-9,11,13H2,1H3. The Kier molecular flexibility index (Phi) is 4.55. The molecule has 0 unspecified atom stereocenters. The van der Waals surface area contributed by atoms with Gasteiger partial charge in [-0.05, 0) is 42.6 Å². The van der Waals surface area contributed by atoms with Crippen LogP contribution < -0.4 is 10.1 Å². The van der Waals surface area contributed by atoms with Crippen molar-refractivity contribution in [2.45, 2.75) is 39.3 Å². The highest BCUT2D eigenvalue weighted by Gasteiger charge is 2.11. The Balaban J connectivity index is 1.53. The maximum atomic E-state index is 5.54. The molecule has 21 heavy (non-hydrogen) atoms. The number of nitrogens with zero attached hydrogens (tertiary/aromatic N) is 2. The van der Waals surface area contributed by atoms with Gasteiger partial charge in [0.05, 0.1) is 12.3 Å². The SMILES string of the molecule is CCCNCc1ccn(CCc2ccc3c(c2)CCO3)n1. The molecule has 4 nitrogen and oxygen atoms in total. The van der Waals surface area contributed by atoms with Crippen molar-refractivity contribution in [1.82, 2.24) is 15.1 Å². The predicted molar refractivity (Wildman–Crippen MR) is 83.6 cm³/mol. The summed E-state index contributed by atoms with van der Waals surface area (Å²) in [5.74, 6) is 1.06. The van der Waals surface area contributed by atoms with Crippen LogP contribution in [0, 0.1) is 0 Å². The lowest BCUT2D eigenvalue weighted by molar-refractivity contribution is 0.357. The number of aryl methyl sites for hydroxylation is 2. The number of benzene rings is 1. The number of hydrogen-bond donors (Lipinski definition) is 1. The molecule has 1 aromatic heterocycles. The minimum absolute atomic E-state index is 0.825. The van der Waals surface area contributed by atoms with Crippen LogP contribution in [0.5, 0.6) is 5.75 Å². The Bertz CT molecular complexity index is 591.